The SMILES string of the molecule is CCCCCCCCCCCCCCCCN(C(=O)OCc1ccccc1)c1ccc(C=O)cc1. The lowest BCUT2D eigenvalue weighted by Gasteiger charge is -2.22. The van der Waals surface area contributed by atoms with Crippen LogP contribution in [0.2, 0.25) is 0 Å². The lowest BCUT2D eigenvalue weighted by Crippen LogP contribution is -2.32. The Labute approximate surface area is 213 Å². The highest BCUT2D eigenvalue weighted by atomic mass is 16.6. The number of carbonyl (C=O) groups is 2. The standard InChI is InChI=1S/C31H45NO3/c1-2-3-4-5-6-7-8-9-10-11-12-13-14-18-25-32(30-23-21-28(26-33)22-24-30)31(34)35-27-29-19-16-15-17-20-29/h15-17,19-24,26H,2-14,18,25,27H2,1H3. The smallest absolute Gasteiger partial charge is 0.414 e. The summed E-state index contributed by atoms with van der Waals surface area (Å²) in [6, 6.07) is 16.8. The topological polar surface area (TPSA) is 46.6 Å². The number of unbranched alkanes of at least 4 members (excludes halogenated alkanes) is 13. The second-order valence-corrected chi connectivity index (χ2v) is 9.50. The first kappa shape index (κ1) is 28.6. The number of benzene rings is 2. The van der Waals surface area contributed by atoms with E-state index in [2.05, 4.69) is 6.92 Å². The number of carbonyl (C=O) groups excluding carboxylic acids is 2. The minimum Gasteiger partial charge on any atom is -0.444 e. The molecule has 2 rings (SSSR count). The lowest BCUT2D eigenvalue weighted by atomic mass is 10.0. The van der Waals surface area contributed by atoms with E-state index < -0.39 is 0 Å². The molecular weight excluding hydrogens is 434 g/mol. The minimum absolute atomic E-state index is 0.251. The predicted octanol–water partition coefficient (Wildman–Crippen LogP) is 9.12. The molecule has 0 aromatic heterocycles. The molecule has 4 nitrogen and oxygen atoms in total. The van der Waals surface area contributed by atoms with Crippen molar-refractivity contribution in [2.45, 2.75) is 103 Å². The maximum atomic E-state index is 12.9. The van der Waals surface area contributed by atoms with Crippen LogP contribution in [0.15, 0.2) is 54.6 Å². The van der Waals surface area contributed by atoms with Crippen LogP contribution in [0.25, 0.3) is 0 Å². The fourth-order valence-electron chi connectivity index (χ4n) is 4.32. The van der Waals surface area contributed by atoms with Gasteiger partial charge in [-0.2, -0.15) is 0 Å². The van der Waals surface area contributed by atoms with E-state index in [0.29, 0.717) is 12.1 Å². The summed E-state index contributed by atoms with van der Waals surface area (Å²) in [5, 5.41) is 0. The van der Waals surface area contributed by atoms with Crippen molar-refractivity contribution >= 4 is 18.1 Å². The molecule has 0 radical (unpaired) electrons. The van der Waals surface area contributed by atoms with Crippen LogP contribution in [0.3, 0.4) is 0 Å². The quantitative estimate of drug-likeness (QED) is 0.149. The van der Waals surface area contributed by atoms with Crippen LogP contribution in [0, 0.1) is 0 Å². The Bertz CT molecular complexity index is 804. The van der Waals surface area contributed by atoms with E-state index in [0.717, 1.165) is 30.4 Å². The number of amides is 1. The van der Waals surface area contributed by atoms with Gasteiger partial charge in [-0.1, -0.05) is 121 Å². The van der Waals surface area contributed by atoms with Gasteiger partial charge in [-0.3, -0.25) is 9.69 Å². The Morgan fingerprint density at radius 3 is 1.74 bits per heavy atom. The van der Waals surface area contributed by atoms with E-state index >= 15 is 0 Å². The van der Waals surface area contributed by atoms with E-state index in [1.54, 1.807) is 17.0 Å². The van der Waals surface area contributed by atoms with E-state index in [9.17, 15) is 9.59 Å². The molecule has 0 heterocycles. The zero-order valence-electron chi connectivity index (χ0n) is 21.8. The molecule has 0 unspecified atom stereocenters. The number of rotatable bonds is 19. The highest BCUT2D eigenvalue weighted by Gasteiger charge is 2.17. The number of anilines is 1. The molecule has 0 aliphatic heterocycles. The van der Waals surface area contributed by atoms with Gasteiger partial charge in [0, 0.05) is 17.8 Å². The number of hydrogen-bond donors (Lipinski definition) is 0. The van der Waals surface area contributed by atoms with Crippen molar-refractivity contribution in [3.63, 3.8) is 0 Å². The number of hydrogen-bond acceptors (Lipinski definition) is 3. The third-order valence-corrected chi connectivity index (χ3v) is 6.50. The molecule has 0 bridgehead atoms. The fraction of sp³-hybridized carbons (Fsp3) is 0.548. The molecule has 0 aliphatic carbocycles. The van der Waals surface area contributed by atoms with Gasteiger partial charge in [0.2, 0.25) is 0 Å². The maximum Gasteiger partial charge on any atom is 0.414 e. The largest absolute Gasteiger partial charge is 0.444 e. The molecule has 4 heteroatoms. The first-order valence-corrected chi connectivity index (χ1v) is 13.8. The van der Waals surface area contributed by atoms with Gasteiger partial charge in [-0.25, -0.2) is 4.79 Å². The lowest BCUT2D eigenvalue weighted by molar-refractivity contribution is 0.112. The van der Waals surface area contributed by atoms with E-state index in [4.69, 9.17) is 4.74 Å². The zero-order chi connectivity index (χ0) is 25.0. The van der Waals surface area contributed by atoms with E-state index in [1.165, 1.54) is 77.0 Å². The summed E-state index contributed by atoms with van der Waals surface area (Å²) >= 11 is 0. The normalized spacial score (nSPS) is 10.8. The molecule has 192 valence electrons. The molecule has 2 aromatic rings. The Balaban J connectivity index is 1.65. The first-order valence-electron chi connectivity index (χ1n) is 13.8. The Kier molecular flexibility index (Phi) is 15.3. The van der Waals surface area contributed by atoms with Crippen molar-refractivity contribution in [2.24, 2.45) is 0 Å². The van der Waals surface area contributed by atoms with Crippen LogP contribution < -0.4 is 4.90 Å². The van der Waals surface area contributed by atoms with Crippen molar-refractivity contribution < 1.29 is 14.3 Å². The van der Waals surface area contributed by atoms with Gasteiger partial charge in [-0.05, 0) is 36.2 Å². The Hall–Kier alpha value is -2.62. The van der Waals surface area contributed by atoms with Gasteiger partial charge >= 0.3 is 6.09 Å². The highest BCUT2D eigenvalue weighted by molar-refractivity contribution is 5.88. The molecule has 0 saturated heterocycles. The van der Waals surface area contributed by atoms with Crippen LogP contribution >= 0.6 is 0 Å². The van der Waals surface area contributed by atoms with E-state index in [-0.39, 0.29) is 12.7 Å². The zero-order valence-corrected chi connectivity index (χ0v) is 21.8. The second-order valence-electron chi connectivity index (χ2n) is 9.50. The van der Waals surface area contributed by atoms with E-state index in [1.807, 2.05) is 42.5 Å². The Morgan fingerprint density at radius 1 is 0.714 bits per heavy atom. The summed E-state index contributed by atoms with van der Waals surface area (Å²) in [5.74, 6) is 0. The van der Waals surface area contributed by atoms with Crippen molar-refractivity contribution in [3.8, 4) is 0 Å². The molecule has 0 spiro atoms. The summed E-state index contributed by atoms with van der Waals surface area (Å²) in [6.45, 7) is 3.14. The van der Waals surface area contributed by atoms with Crippen LogP contribution in [0.5, 0.6) is 0 Å². The van der Waals surface area contributed by atoms with Crippen LogP contribution in [0.1, 0.15) is 113 Å². The average Bonchev–Trinajstić information content (AvgIpc) is 2.90. The molecule has 2 aromatic carbocycles. The van der Waals surface area contributed by atoms with Gasteiger partial charge in [0.05, 0.1) is 0 Å². The summed E-state index contributed by atoms with van der Waals surface area (Å²) < 4.78 is 5.59. The van der Waals surface area contributed by atoms with Crippen molar-refractivity contribution in [1.82, 2.24) is 0 Å². The van der Waals surface area contributed by atoms with Gasteiger partial charge in [0.25, 0.3) is 0 Å². The van der Waals surface area contributed by atoms with Gasteiger partial charge in [-0.15, -0.1) is 0 Å². The number of ether oxygens (including phenoxy) is 1. The monoisotopic (exact) mass is 479 g/mol. The molecule has 1 amide bonds. The van der Waals surface area contributed by atoms with Crippen molar-refractivity contribution in [2.75, 3.05) is 11.4 Å². The molecule has 0 aliphatic rings. The molecular formula is C31H45NO3. The second kappa shape index (κ2) is 18.7. The van der Waals surface area contributed by atoms with Gasteiger partial charge in [0.15, 0.2) is 0 Å². The van der Waals surface area contributed by atoms with Crippen LogP contribution in [0.4, 0.5) is 10.5 Å². The third kappa shape index (κ3) is 12.6. The fourth-order valence-corrected chi connectivity index (χ4v) is 4.32. The van der Waals surface area contributed by atoms with Crippen LogP contribution in [-0.2, 0) is 11.3 Å². The third-order valence-electron chi connectivity index (χ3n) is 6.50. The predicted molar refractivity (Wildman–Crippen MR) is 146 cm³/mol. The number of nitrogens with zero attached hydrogens (tertiary/aromatic N) is 1. The molecule has 0 N–H and O–H groups in total. The van der Waals surface area contributed by atoms with Crippen molar-refractivity contribution in [3.05, 3.63) is 65.7 Å². The highest BCUT2D eigenvalue weighted by Crippen LogP contribution is 2.19. The molecule has 0 fully saturated rings. The molecule has 0 atom stereocenters. The maximum absolute atomic E-state index is 12.9. The molecule has 35 heavy (non-hydrogen) atoms. The average molecular weight is 480 g/mol. The summed E-state index contributed by atoms with van der Waals surface area (Å²) in [4.78, 5) is 25.6. The minimum atomic E-state index is -0.345. The van der Waals surface area contributed by atoms with Crippen LogP contribution in [-0.4, -0.2) is 18.9 Å². The Morgan fingerprint density at radius 2 is 1.23 bits per heavy atom. The summed E-state index contributed by atoms with van der Waals surface area (Å²) in [7, 11) is 0. The van der Waals surface area contributed by atoms with Gasteiger partial charge in [0.1, 0.15) is 12.9 Å². The summed E-state index contributed by atoms with van der Waals surface area (Å²) in [5.41, 5.74) is 2.33. The van der Waals surface area contributed by atoms with Crippen molar-refractivity contribution in [1.29, 1.82) is 0 Å². The molecule has 0 saturated carbocycles. The first-order chi connectivity index (χ1) is 17.2. The van der Waals surface area contributed by atoms with Gasteiger partial charge < -0.3 is 4.74 Å². The number of aldehydes is 1. The summed E-state index contributed by atoms with van der Waals surface area (Å²) in [6.07, 6.45) is 18.7.